The average molecular weight is 345 g/mol. The van der Waals surface area contributed by atoms with Crippen LogP contribution in [0.1, 0.15) is 59.3 Å². The molecule has 1 heterocycles. The monoisotopic (exact) mass is 345 g/mol. The fourth-order valence-corrected chi connectivity index (χ4v) is 3.68. The molecule has 1 saturated carbocycles. The summed E-state index contributed by atoms with van der Waals surface area (Å²) in [6.45, 7) is 5.33. The first-order chi connectivity index (χ1) is 11.8. The Bertz CT molecular complexity index is 569. The lowest BCUT2D eigenvalue weighted by molar-refractivity contribution is -0.136. The predicted octanol–water partition coefficient (Wildman–Crippen LogP) is 2.59. The number of likely N-dealkylation sites (tertiary alicyclic amines) is 1. The van der Waals surface area contributed by atoms with E-state index in [0.29, 0.717) is 12.8 Å². The molecular formula is C19H27N3O3. The lowest BCUT2D eigenvalue weighted by Gasteiger charge is -2.32. The van der Waals surface area contributed by atoms with Crippen LogP contribution in [0, 0.1) is 29.6 Å². The number of hydrogen-bond acceptors (Lipinski definition) is 4. The highest BCUT2D eigenvalue weighted by atomic mass is 16.6. The van der Waals surface area contributed by atoms with Crippen molar-refractivity contribution in [3.8, 4) is 18.4 Å². The minimum absolute atomic E-state index is 0.0541. The molecule has 0 aromatic rings. The highest BCUT2D eigenvalue weighted by Gasteiger charge is 2.43. The molecule has 25 heavy (non-hydrogen) atoms. The van der Waals surface area contributed by atoms with Crippen molar-refractivity contribution in [1.82, 2.24) is 10.2 Å². The molecule has 1 unspecified atom stereocenters. The molecule has 0 bridgehead atoms. The topological polar surface area (TPSA) is 82.4 Å². The first kappa shape index (κ1) is 19.1. The van der Waals surface area contributed by atoms with Gasteiger partial charge in [-0.1, -0.05) is 18.8 Å². The van der Waals surface area contributed by atoms with E-state index in [4.69, 9.17) is 11.2 Å². The minimum atomic E-state index is -0.692. The van der Waals surface area contributed by atoms with Crippen molar-refractivity contribution in [2.24, 2.45) is 5.92 Å². The lowest BCUT2D eigenvalue weighted by atomic mass is 9.96. The van der Waals surface area contributed by atoms with E-state index in [0.717, 1.165) is 25.7 Å². The van der Waals surface area contributed by atoms with Crippen molar-refractivity contribution in [2.45, 2.75) is 83.0 Å². The van der Waals surface area contributed by atoms with Gasteiger partial charge in [-0.05, 0) is 52.4 Å². The Kier molecular flexibility index (Phi) is 5.95. The van der Waals surface area contributed by atoms with Crippen LogP contribution in [0.15, 0.2) is 0 Å². The van der Waals surface area contributed by atoms with Gasteiger partial charge in [-0.3, -0.25) is 4.79 Å². The first-order valence-corrected chi connectivity index (χ1v) is 8.94. The molecule has 6 nitrogen and oxygen atoms in total. The number of hydrogen-bond donors (Lipinski definition) is 1. The van der Waals surface area contributed by atoms with Gasteiger partial charge < -0.3 is 15.0 Å². The van der Waals surface area contributed by atoms with Crippen LogP contribution in [0.2, 0.25) is 0 Å². The Morgan fingerprint density at radius 3 is 2.32 bits per heavy atom. The molecule has 2 rings (SSSR count). The van der Waals surface area contributed by atoms with Gasteiger partial charge in [0.05, 0.1) is 12.1 Å². The number of rotatable bonds is 3. The normalized spacial score (nSPS) is 25.1. The summed E-state index contributed by atoms with van der Waals surface area (Å²) in [5.41, 5.74) is -0.641. The number of amides is 2. The van der Waals surface area contributed by atoms with Gasteiger partial charge in [0, 0.05) is 0 Å². The van der Waals surface area contributed by atoms with Crippen molar-refractivity contribution < 1.29 is 14.3 Å². The van der Waals surface area contributed by atoms with E-state index in [2.05, 4.69) is 17.3 Å². The average Bonchev–Trinajstić information content (AvgIpc) is 3.18. The van der Waals surface area contributed by atoms with Crippen molar-refractivity contribution in [1.29, 1.82) is 5.26 Å². The quantitative estimate of drug-likeness (QED) is 0.797. The molecule has 1 aliphatic heterocycles. The maximum atomic E-state index is 13.2. The first-order valence-electron chi connectivity index (χ1n) is 8.94. The third kappa shape index (κ3) is 4.66. The Morgan fingerprint density at radius 1 is 1.20 bits per heavy atom. The molecule has 136 valence electrons. The Balaban J connectivity index is 2.19. The number of carbonyl (C=O) groups is 2. The molecule has 2 fully saturated rings. The summed E-state index contributed by atoms with van der Waals surface area (Å²) in [4.78, 5) is 26.9. The number of alkyl carbamates (subject to hydrolysis) is 1. The summed E-state index contributed by atoms with van der Waals surface area (Å²) in [6, 6.07) is 0.552. The molecule has 0 aromatic heterocycles. The van der Waals surface area contributed by atoms with E-state index in [1.165, 1.54) is 4.90 Å². The second-order valence-electron chi connectivity index (χ2n) is 7.82. The van der Waals surface area contributed by atoms with E-state index >= 15 is 0 Å². The smallest absolute Gasteiger partial charge is 0.408 e. The van der Waals surface area contributed by atoms with Crippen LogP contribution in [0.5, 0.6) is 0 Å². The lowest BCUT2D eigenvalue weighted by Crippen LogP contribution is -2.55. The molecule has 0 radical (unpaired) electrons. The molecule has 0 aromatic carbocycles. The SMILES string of the molecule is C#C[C@H]1CCC(C#N)N1C(=O)[C@H](NC(=O)OC(C)(C)C)C1CCCC1. The molecule has 1 aliphatic carbocycles. The molecule has 1 N–H and O–H groups in total. The van der Waals surface area contributed by atoms with Gasteiger partial charge in [0.25, 0.3) is 0 Å². The summed E-state index contributed by atoms with van der Waals surface area (Å²) in [5.74, 6) is 2.40. The molecule has 2 aliphatic rings. The van der Waals surface area contributed by atoms with Gasteiger partial charge in [0.2, 0.25) is 5.91 Å². The van der Waals surface area contributed by atoms with Crippen LogP contribution in [0.4, 0.5) is 4.79 Å². The largest absolute Gasteiger partial charge is 0.444 e. The fourth-order valence-electron chi connectivity index (χ4n) is 3.68. The third-order valence-electron chi connectivity index (χ3n) is 4.79. The fraction of sp³-hybridized carbons (Fsp3) is 0.737. The summed E-state index contributed by atoms with van der Waals surface area (Å²) in [7, 11) is 0. The summed E-state index contributed by atoms with van der Waals surface area (Å²) in [6.07, 6.45) is 9.94. The zero-order valence-electron chi connectivity index (χ0n) is 15.2. The van der Waals surface area contributed by atoms with E-state index in [-0.39, 0.29) is 17.9 Å². The van der Waals surface area contributed by atoms with Gasteiger partial charge in [0.1, 0.15) is 17.7 Å². The standard InChI is InChI=1S/C19H27N3O3/c1-5-14-10-11-15(12-20)22(14)17(23)16(13-8-6-7-9-13)21-18(24)25-19(2,3)4/h1,13-16H,6-11H2,2-4H3,(H,21,24)/t14-,15?,16+/m0/s1. The highest BCUT2D eigenvalue weighted by Crippen LogP contribution is 2.32. The van der Waals surface area contributed by atoms with Crippen LogP contribution >= 0.6 is 0 Å². The highest BCUT2D eigenvalue weighted by molar-refractivity contribution is 5.87. The van der Waals surface area contributed by atoms with E-state index in [9.17, 15) is 14.9 Å². The number of carbonyl (C=O) groups excluding carboxylic acids is 2. The molecule has 2 amide bonds. The molecule has 3 atom stereocenters. The second kappa shape index (κ2) is 7.78. The minimum Gasteiger partial charge on any atom is -0.444 e. The molecule has 6 heteroatoms. The third-order valence-corrected chi connectivity index (χ3v) is 4.79. The van der Waals surface area contributed by atoms with Gasteiger partial charge in [-0.15, -0.1) is 6.42 Å². The Labute approximate surface area is 149 Å². The number of nitriles is 1. The number of nitrogens with zero attached hydrogens (tertiary/aromatic N) is 2. The summed E-state index contributed by atoms with van der Waals surface area (Å²) < 4.78 is 5.32. The van der Waals surface area contributed by atoms with Crippen molar-refractivity contribution >= 4 is 12.0 Å². The van der Waals surface area contributed by atoms with Crippen LogP contribution in [0.3, 0.4) is 0 Å². The van der Waals surface area contributed by atoms with Crippen molar-refractivity contribution in [3.63, 3.8) is 0 Å². The van der Waals surface area contributed by atoms with Crippen LogP contribution in [0.25, 0.3) is 0 Å². The second-order valence-corrected chi connectivity index (χ2v) is 7.82. The maximum absolute atomic E-state index is 13.2. The zero-order valence-corrected chi connectivity index (χ0v) is 15.2. The Hall–Kier alpha value is -2.21. The molecule has 0 spiro atoms. The molecule has 1 saturated heterocycles. The van der Waals surface area contributed by atoms with E-state index in [1.807, 2.05) is 0 Å². The zero-order chi connectivity index (χ0) is 18.6. The van der Waals surface area contributed by atoms with E-state index in [1.54, 1.807) is 20.8 Å². The van der Waals surface area contributed by atoms with Gasteiger partial charge in [0.15, 0.2) is 0 Å². The van der Waals surface area contributed by atoms with Crippen molar-refractivity contribution in [3.05, 3.63) is 0 Å². The number of ether oxygens (including phenoxy) is 1. The Morgan fingerprint density at radius 2 is 1.80 bits per heavy atom. The van der Waals surface area contributed by atoms with Crippen LogP contribution in [-0.2, 0) is 9.53 Å². The van der Waals surface area contributed by atoms with Crippen LogP contribution < -0.4 is 5.32 Å². The van der Waals surface area contributed by atoms with Gasteiger partial charge in [-0.25, -0.2) is 4.79 Å². The van der Waals surface area contributed by atoms with Gasteiger partial charge in [-0.2, -0.15) is 5.26 Å². The van der Waals surface area contributed by atoms with Crippen LogP contribution in [-0.4, -0.2) is 40.6 Å². The van der Waals surface area contributed by atoms with Crippen molar-refractivity contribution in [2.75, 3.05) is 0 Å². The number of terminal acetylenes is 1. The summed E-state index contributed by atoms with van der Waals surface area (Å²) >= 11 is 0. The molecular weight excluding hydrogens is 318 g/mol. The van der Waals surface area contributed by atoms with E-state index < -0.39 is 23.8 Å². The maximum Gasteiger partial charge on any atom is 0.408 e. The number of nitrogens with one attached hydrogen (secondary N) is 1. The van der Waals surface area contributed by atoms with Gasteiger partial charge >= 0.3 is 6.09 Å². The predicted molar refractivity (Wildman–Crippen MR) is 93.2 cm³/mol. The summed E-state index contributed by atoms with van der Waals surface area (Å²) in [5, 5.41) is 12.1.